The highest BCUT2D eigenvalue weighted by Gasteiger charge is 2.50. The standard InChI is InChI=1S/C76H84BN3/c1-48-38-55-58(72(7,8)36-34-70(55,3)4)44-63(48)79-65-40-51(76(15,16)50-26-20-17-21-27-50)32-33-61(65)77-62-43-57-59(73(9,10)37-35-71(57,5)6)46-66(62)80(64-45-60-56(39-49(64)2)74(11,12)47-75(60,13)14)68-42-54(41-67(79)69(68)77)78(52-28-22-18-23-29-52)53-30-24-19-25-31-53/h17-33,38-46H,34-37,47H2,1-16H3. The lowest BCUT2D eigenvalue weighted by Gasteiger charge is -2.48. The number of hydrogen-bond acceptors (Lipinski definition) is 3. The van der Waals surface area contributed by atoms with Crippen molar-refractivity contribution in [1.29, 1.82) is 0 Å². The Balaban J connectivity index is 1.21. The Morgan fingerprint density at radius 3 is 1.23 bits per heavy atom. The average molecular weight is 1050 g/mol. The number of nitrogens with zero attached hydrogens (tertiary/aromatic N) is 3. The van der Waals surface area contributed by atoms with Gasteiger partial charge in [0, 0.05) is 50.9 Å². The van der Waals surface area contributed by atoms with Crippen molar-refractivity contribution in [3.63, 3.8) is 0 Å². The van der Waals surface area contributed by atoms with Crippen LogP contribution in [0.4, 0.5) is 51.2 Å². The van der Waals surface area contributed by atoms with Crippen LogP contribution < -0.4 is 31.1 Å². The molecule has 406 valence electrons. The van der Waals surface area contributed by atoms with E-state index in [0.717, 1.165) is 42.7 Å². The molecule has 0 atom stereocenters. The van der Waals surface area contributed by atoms with E-state index < -0.39 is 0 Å². The summed E-state index contributed by atoms with van der Waals surface area (Å²) < 4.78 is 0. The molecule has 2 heterocycles. The molecule has 0 aromatic heterocycles. The van der Waals surface area contributed by atoms with Crippen molar-refractivity contribution in [1.82, 2.24) is 0 Å². The van der Waals surface area contributed by atoms with Crippen molar-refractivity contribution >= 4 is 74.3 Å². The zero-order chi connectivity index (χ0) is 56.4. The summed E-state index contributed by atoms with van der Waals surface area (Å²) >= 11 is 0. The highest BCUT2D eigenvalue weighted by Crippen LogP contribution is 2.57. The molecule has 13 rings (SSSR count). The maximum atomic E-state index is 2.76. The molecule has 80 heavy (non-hydrogen) atoms. The summed E-state index contributed by atoms with van der Waals surface area (Å²) in [5.74, 6) is 0. The first-order valence-corrected chi connectivity index (χ1v) is 30.1. The van der Waals surface area contributed by atoms with Gasteiger partial charge in [0.2, 0.25) is 0 Å². The summed E-state index contributed by atoms with van der Waals surface area (Å²) in [5.41, 5.74) is 29.2. The predicted molar refractivity (Wildman–Crippen MR) is 344 cm³/mol. The van der Waals surface area contributed by atoms with Crippen molar-refractivity contribution < 1.29 is 0 Å². The molecule has 0 saturated carbocycles. The van der Waals surface area contributed by atoms with Gasteiger partial charge in [0.05, 0.1) is 5.69 Å². The van der Waals surface area contributed by atoms with E-state index in [4.69, 9.17) is 0 Å². The number of rotatable bonds is 7. The molecule has 0 radical (unpaired) electrons. The predicted octanol–water partition coefficient (Wildman–Crippen LogP) is 18.8. The van der Waals surface area contributed by atoms with E-state index >= 15 is 0 Å². The second-order valence-corrected chi connectivity index (χ2v) is 29.6. The van der Waals surface area contributed by atoms with E-state index in [9.17, 15) is 0 Å². The first-order chi connectivity index (χ1) is 37.7. The van der Waals surface area contributed by atoms with Crippen LogP contribution in [0.25, 0.3) is 0 Å². The van der Waals surface area contributed by atoms with Gasteiger partial charge in [-0.2, -0.15) is 0 Å². The van der Waals surface area contributed by atoms with Gasteiger partial charge in [-0.3, -0.25) is 0 Å². The number of fused-ring (bicyclic) bond motifs is 7. The summed E-state index contributed by atoms with van der Waals surface area (Å²) in [6, 6.07) is 61.9. The Bertz CT molecular complexity index is 3780. The molecule has 4 heteroatoms. The molecule has 0 spiro atoms. The number of para-hydroxylation sites is 2. The second-order valence-electron chi connectivity index (χ2n) is 29.6. The normalized spacial score (nSPS) is 19.0. The molecule has 3 aliphatic carbocycles. The number of anilines is 9. The maximum Gasteiger partial charge on any atom is 0.252 e. The minimum atomic E-state index is -0.271. The van der Waals surface area contributed by atoms with Crippen LogP contribution in [0, 0.1) is 13.8 Å². The smallest absolute Gasteiger partial charge is 0.252 e. The van der Waals surface area contributed by atoms with Crippen LogP contribution in [0.15, 0.2) is 158 Å². The third kappa shape index (κ3) is 7.95. The average Bonchev–Trinajstić information content (AvgIpc) is 3.70. The highest BCUT2D eigenvalue weighted by atomic mass is 15.2. The van der Waals surface area contributed by atoms with E-state index in [1.807, 2.05) is 0 Å². The minimum Gasteiger partial charge on any atom is -0.311 e. The Hall–Kier alpha value is -6.78. The molecule has 0 amide bonds. The van der Waals surface area contributed by atoms with Gasteiger partial charge < -0.3 is 14.7 Å². The molecule has 3 nitrogen and oxygen atoms in total. The first kappa shape index (κ1) is 52.6. The van der Waals surface area contributed by atoms with E-state index in [2.05, 4.69) is 283 Å². The Morgan fingerprint density at radius 2 is 0.750 bits per heavy atom. The van der Waals surface area contributed by atoms with E-state index in [0.29, 0.717) is 0 Å². The largest absolute Gasteiger partial charge is 0.311 e. The summed E-state index contributed by atoms with van der Waals surface area (Å²) in [6.45, 7) is 39.4. The van der Waals surface area contributed by atoms with Crippen LogP contribution >= 0.6 is 0 Å². The van der Waals surface area contributed by atoms with Gasteiger partial charge >= 0.3 is 0 Å². The van der Waals surface area contributed by atoms with Gasteiger partial charge in [-0.15, -0.1) is 0 Å². The Morgan fingerprint density at radius 1 is 0.362 bits per heavy atom. The van der Waals surface area contributed by atoms with E-state index in [1.54, 1.807) is 0 Å². The van der Waals surface area contributed by atoms with E-state index in [-0.39, 0.29) is 44.6 Å². The zero-order valence-corrected chi connectivity index (χ0v) is 51.0. The van der Waals surface area contributed by atoms with Crippen molar-refractivity contribution in [3.05, 3.63) is 213 Å². The molecule has 0 saturated heterocycles. The SMILES string of the molecule is Cc1cc2c(cc1N1c3cc(C(C)(C)c4ccccc4)ccc3B3c4cc5c(cc4N(c4cc6c(cc4C)C(C)(C)CC6(C)C)c4cc(N(c6ccccc6)c6ccccc6)cc1c43)C(C)(C)CCC5(C)C)C(C)(C)CCC2(C)C. The van der Waals surface area contributed by atoms with Gasteiger partial charge in [-0.05, 0) is 211 Å². The quantitative estimate of drug-likeness (QED) is 0.147. The van der Waals surface area contributed by atoms with Crippen molar-refractivity contribution in [2.75, 3.05) is 14.7 Å². The molecule has 0 fully saturated rings. The maximum absolute atomic E-state index is 2.76. The van der Waals surface area contributed by atoms with Gasteiger partial charge in [0.1, 0.15) is 0 Å². The fourth-order valence-corrected chi connectivity index (χ4v) is 16.0. The molecule has 8 aromatic rings. The minimum absolute atomic E-state index is 0.000757. The van der Waals surface area contributed by atoms with Crippen LogP contribution in [-0.4, -0.2) is 6.71 Å². The van der Waals surface area contributed by atoms with E-state index in [1.165, 1.54) is 113 Å². The Labute approximate surface area is 480 Å². The van der Waals surface area contributed by atoms with Crippen LogP contribution in [0.1, 0.15) is 185 Å². The number of benzene rings is 8. The third-order valence-corrected chi connectivity index (χ3v) is 20.9. The van der Waals surface area contributed by atoms with Crippen LogP contribution in [0.2, 0.25) is 0 Å². The van der Waals surface area contributed by atoms with Gasteiger partial charge in [-0.25, -0.2) is 0 Å². The second kappa shape index (κ2) is 17.6. The first-order valence-electron chi connectivity index (χ1n) is 30.1. The lowest BCUT2D eigenvalue weighted by Crippen LogP contribution is -2.62. The summed E-state index contributed by atoms with van der Waals surface area (Å²) in [6.07, 6.45) is 5.74. The molecular weight excluding hydrogens is 966 g/mol. The van der Waals surface area contributed by atoms with Gasteiger partial charge in [0.25, 0.3) is 6.71 Å². The number of hydrogen-bond donors (Lipinski definition) is 0. The topological polar surface area (TPSA) is 9.72 Å². The van der Waals surface area contributed by atoms with Crippen LogP contribution in [-0.2, 0) is 37.9 Å². The zero-order valence-electron chi connectivity index (χ0n) is 51.0. The molecular formula is C76H84BN3. The molecule has 0 unspecified atom stereocenters. The molecule has 8 aromatic carbocycles. The van der Waals surface area contributed by atoms with Gasteiger partial charge in [0.15, 0.2) is 0 Å². The summed E-state index contributed by atoms with van der Waals surface area (Å²) in [4.78, 5) is 8.02. The molecule has 2 aliphatic heterocycles. The Kier molecular flexibility index (Phi) is 11.6. The third-order valence-electron chi connectivity index (χ3n) is 20.9. The monoisotopic (exact) mass is 1050 g/mol. The summed E-state index contributed by atoms with van der Waals surface area (Å²) in [7, 11) is 0. The highest BCUT2D eigenvalue weighted by molar-refractivity contribution is 7.00. The lowest BCUT2D eigenvalue weighted by molar-refractivity contribution is 0.332. The van der Waals surface area contributed by atoms with Crippen molar-refractivity contribution in [2.24, 2.45) is 0 Å². The van der Waals surface area contributed by atoms with Crippen LogP contribution in [0.5, 0.6) is 0 Å². The van der Waals surface area contributed by atoms with Crippen LogP contribution in [0.3, 0.4) is 0 Å². The fourth-order valence-electron chi connectivity index (χ4n) is 16.0. The fraction of sp³-hybridized carbons (Fsp3) is 0.368. The molecule has 5 aliphatic rings. The lowest BCUT2D eigenvalue weighted by atomic mass is 9.33. The number of aryl methyl sites for hydroxylation is 2. The van der Waals surface area contributed by atoms with Gasteiger partial charge in [-0.1, -0.05) is 194 Å². The van der Waals surface area contributed by atoms with Crippen molar-refractivity contribution in [2.45, 2.75) is 181 Å². The summed E-state index contributed by atoms with van der Waals surface area (Å²) in [5, 5.41) is 0. The van der Waals surface area contributed by atoms with Crippen molar-refractivity contribution in [3.8, 4) is 0 Å². The molecule has 0 bridgehead atoms. The molecule has 0 N–H and O–H groups in total.